The Labute approximate surface area is 154 Å². The summed E-state index contributed by atoms with van der Waals surface area (Å²) in [6, 6.07) is 10.6. The monoisotopic (exact) mass is 355 g/mol. The van der Waals surface area contributed by atoms with E-state index in [9.17, 15) is 9.18 Å². The smallest absolute Gasteiger partial charge is 0.220 e. The molecule has 1 aliphatic carbocycles. The summed E-state index contributed by atoms with van der Waals surface area (Å²) in [7, 11) is 0. The second-order valence-electron chi connectivity index (χ2n) is 7.92. The van der Waals surface area contributed by atoms with Gasteiger partial charge < -0.3 is 5.32 Å². The lowest BCUT2D eigenvalue weighted by Crippen LogP contribution is -2.44. The van der Waals surface area contributed by atoms with E-state index in [1.807, 2.05) is 6.07 Å². The zero-order valence-corrected chi connectivity index (χ0v) is 15.4. The molecule has 2 atom stereocenters. The number of benzene rings is 1. The lowest BCUT2D eigenvalue weighted by molar-refractivity contribution is -0.122. The number of nitrogens with one attached hydrogen (secondary N) is 1. The van der Waals surface area contributed by atoms with Crippen molar-refractivity contribution >= 4 is 5.91 Å². The van der Waals surface area contributed by atoms with Gasteiger partial charge in [-0.05, 0) is 30.2 Å². The molecule has 1 saturated carbocycles. The number of amides is 1. The van der Waals surface area contributed by atoms with Crippen molar-refractivity contribution in [2.75, 3.05) is 0 Å². The molecule has 1 aromatic heterocycles. The van der Waals surface area contributed by atoms with Gasteiger partial charge in [-0.2, -0.15) is 0 Å². The van der Waals surface area contributed by atoms with Crippen LogP contribution in [0.25, 0.3) is 0 Å². The van der Waals surface area contributed by atoms with Gasteiger partial charge in [-0.25, -0.2) is 14.4 Å². The molecule has 1 heterocycles. The van der Waals surface area contributed by atoms with E-state index in [1.54, 1.807) is 0 Å². The first-order chi connectivity index (χ1) is 12.4. The average molecular weight is 355 g/mol. The van der Waals surface area contributed by atoms with E-state index in [0.29, 0.717) is 24.6 Å². The first kappa shape index (κ1) is 18.5. The Kier molecular flexibility index (Phi) is 5.64. The SMILES string of the molecule is CC1(C)CCC(NC(=O)CCc2ncc(F)cn2)C(c2ccccc2)C1. The molecule has 2 unspecified atom stereocenters. The Morgan fingerprint density at radius 2 is 1.92 bits per heavy atom. The third kappa shape index (κ3) is 4.87. The molecule has 0 saturated heterocycles. The number of hydrogen-bond acceptors (Lipinski definition) is 3. The van der Waals surface area contributed by atoms with Gasteiger partial charge >= 0.3 is 0 Å². The molecule has 1 amide bonds. The molecule has 5 heteroatoms. The molecule has 4 nitrogen and oxygen atoms in total. The highest BCUT2D eigenvalue weighted by Crippen LogP contribution is 2.43. The normalized spacial score (nSPS) is 22.0. The summed E-state index contributed by atoms with van der Waals surface area (Å²) < 4.78 is 12.9. The van der Waals surface area contributed by atoms with Gasteiger partial charge in [0.1, 0.15) is 5.82 Å². The first-order valence-corrected chi connectivity index (χ1v) is 9.24. The number of halogens is 1. The van der Waals surface area contributed by atoms with Crippen molar-refractivity contribution in [1.29, 1.82) is 0 Å². The molecule has 1 aliphatic rings. The molecule has 26 heavy (non-hydrogen) atoms. The second kappa shape index (κ2) is 7.94. The fourth-order valence-corrected chi connectivity index (χ4v) is 3.78. The van der Waals surface area contributed by atoms with Gasteiger partial charge in [0.2, 0.25) is 5.91 Å². The van der Waals surface area contributed by atoms with Crippen molar-refractivity contribution in [2.45, 2.75) is 57.9 Å². The Morgan fingerprint density at radius 3 is 2.62 bits per heavy atom. The Hall–Kier alpha value is -2.30. The third-order valence-corrected chi connectivity index (χ3v) is 5.21. The summed E-state index contributed by atoms with van der Waals surface area (Å²) in [5.74, 6) is 0.356. The molecule has 0 bridgehead atoms. The standard InChI is InChI=1S/C21H26FN3O/c1-21(2)11-10-18(17(12-21)15-6-4-3-5-7-15)25-20(26)9-8-19-23-13-16(22)14-24-19/h3-7,13-14,17-18H,8-12H2,1-2H3,(H,25,26). The molecule has 1 fully saturated rings. The van der Waals surface area contributed by atoms with E-state index in [2.05, 4.69) is 53.4 Å². The summed E-state index contributed by atoms with van der Waals surface area (Å²) in [6.07, 6.45) is 6.13. The van der Waals surface area contributed by atoms with Gasteiger partial charge in [-0.3, -0.25) is 4.79 Å². The number of rotatable bonds is 5. The predicted octanol–water partition coefficient (Wildman–Crippen LogP) is 4.03. The second-order valence-corrected chi connectivity index (χ2v) is 7.92. The van der Waals surface area contributed by atoms with E-state index in [-0.39, 0.29) is 17.4 Å². The van der Waals surface area contributed by atoms with Crippen LogP contribution in [0.4, 0.5) is 4.39 Å². The molecule has 0 aliphatic heterocycles. The fourth-order valence-electron chi connectivity index (χ4n) is 3.78. The zero-order chi connectivity index (χ0) is 18.6. The maximum atomic E-state index is 12.9. The third-order valence-electron chi connectivity index (χ3n) is 5.21. The number of hydrogen-bond donors (Lipinski definition) is 1. The van der Waals surface area contributed by atoms with Gasteiger partial charge in [-0.15, -0.1) is 0 Å². The van der Waals surface area contributed by atoms with Gasteiger partial charge in [0.05, 0.1) is 12.4 Å². The molecule has 2 aromatic rings. The summed E-state index contributed by atoms with van der Waals surface area (Å²) in [5, 5.41) is 3.22. The molecule has 1 N–H and O–H groups in total. The first-order valence-electron chi connectivity index (χ1n) is 9.24. The van der Waals surface area contributed by atoms with Crippen LogP contribution in [0.2, 0.25) is 0 Å². The number of carbonyl (C=O) groups is 1. The van der Waals surface area contributed by atoms with Crippen LogP contribution in [0.3, 0.4) is 0 Å². The minimum Gasteiger partial charge on any atom is -0.353 e. The average Bonchev–Trinajstić information content (AvgIpc) is 2.63. The largest absolute Gasteiger partial charge is 0.353 e. The van der Waals surface area contributed by atoms with Crippen LogP contribution < -0.4 is 5.32 Å². The van der Waals surface area contributed by atoms with E-state index >= 15 is 0 Å². The van der Waals surface area contributed by atoms with Crippen molar-refractivity contribution in [2.24, 2.45) is 5.41 Å². The molecule has 0 radical (unpaired) electrons. The van der Waals surface area contributed by atoms with Crippen LogP contribution in [0.15, 0.2) is 42.7 Å². The highest BCUT2D eigenvalue weighted by atomic mass is 19.1. The molecule has 1 aromatic carbocycles. The molecule has 3 rings (SSSR count). The number of aryl methyl sites for hydroxylation is 1. The van der Waals surface area contributed by atoms with E-state index in [0.717, 1.165) is 31.7 Å². The van der Waals surface area contributed by atoms with Crippen molar-refractivity contribution in [3.63, 3.8) is 0 Å². The van der Waals surface area contributed by atoms with Crippen molar-refractivity contribution in [3.8, 4) is 0 Å². The topological polar surface area (TPSA) is 54.9 Å². The molecule has 0 spiro atoms. The number of nitrogens with zero attached hydrogens (tertiary/aromatic N) is 2. The fraction of sp³-hybridized carbons (Fsp3) is 0.476. The van der Waals surface area contributed by atoms with Crippen molar-refractivity contribution < 1.29 is 9.18 Å². The van der Waals surface area contributed by atoms with Crippen LogP contribution in [0.1, 0.15) is 56.8 Å². The van der Waals surface area contributed by atoms with E-state index < -0.39 is 5.82 Å². The van der Waals surface area contributed by atoms with Crippen LogP contribution >= 0.6 is 0 Å². The van der Waals surface area contributed by atoms with Crippen molar-refractivity contribution in [1.82, 2.24) is 15.3 Å². The summed E-state index contributed by atoms with van der Waals surface area (Å²) >= 11 is 0. The summed E-state index contributed by atoms with van der Waals surface area (Å²) in [5.41, 5.74) is 1.57. The maximum absolute atomic E-state index is 12.9. The highest BCUT2D eigenvalue weighted by Gasteiger charge is 2.36. The quantitative estimate of drug-likeness (QED) is 0.881. The summed E-state index contributed by atoms with van der Waals surface area (Å²) in [6.45, 7) is 4.60. The molecule has 138 valence electrons. The maximum Gasteiger partial charge on any atom is 0.220 e. The van der Waals surface area contributed by atoms with Gasteiger partial charge in [-0.1, -0.05) is 44.2 Å². The summed E-state index contributed by atoms with van der Waals surface area (Å²) in [4.78, 5) is 20.3. The van der Waals surface area contributed by atoms with E-state index in [1.165, 1.54) is 5.56 Å². The number of aromatic nitrogens is 2. The minimum absolute atomic E-state index is 0.00330. The lowest BCUT2D eigenvalue weighted by Gasteiger charge is -2.41. The molecular weight excluding hydrogens is 329 g/mol. The van der Waals surface area contributed by atoms with Crippen molar-refractivity contribution in [3.05, 3.63) is 59.9 Å². The van der Waals surface area contributed by atoms with Crippen LogP contribution in [-0.4, -0.2) is 21.9 Å². The van der Waals surface area contributed by atoms with Gasteiger partial charge in [0.25, 0.3) is 0 Å². The van der Waals surface area contributed by atoms with Crippen LogP contribution in [-0.2, 0) is 11.2 Å². The van der Waals surface area contributed by atoms with E-state index in [4.69, 9.17) is 0 Å². The Morgan fingerprint density at radius 1 is 1.23 bits per heavy atom. The Bertz CT molecular complexity index is 731. The number of carbonyl (C=O) groups excluding carboxylic acids is 1. The molecular formula is C21H26FN3O. The van der Waals surface area contributed by atoms with Crippen LogP contribution in [0.5, 0.6) is 0 Å². The predicted molar refractivity (Wildman–Crippen MR) is 99.1 cm³/mol. The van der Waals surface area contributed by atoms with Gasteiger partial charge in [0, 0.05) is 24.8 Å². The Balaban J connectivity index is 1.62. The van der Waals surface area contributed by atoms with Crippen LogP contribution in [0, 0.1) is 11.2 Å². The lowest BCUT2D eigenvalue weighted by atomic mass is 9.68. The van der Waals surface area contributed by atoms with Gasteiger partial charge in [0.15, 0.2) is 5.82 Å². The zero-order valence-electron chi connectivity index (χ0n) is 15.4. The minimum atomic E-state index is -0.464. The highest BCUT2D eigenvalue weighted by molar-refractivity contribution is 5.76.